The van der Waals surface area contributed by atoms with E-state index in [9.17, 15) is 0 Å². The van der Waals surface area contributed by atoms with Crippen molar-refractivity contribution in [3.8, 4) is 0 Å². The fraction of sp³-hybridized carbons (Fsp3) is 1.00. The van der Waals surface area contributed by atoms with E-state index in [4.69, 9.17) is 0 Å². The normalized spacial score (nSPS) is 26.8. The molecule has 0 amide bonds. The lowest BCUT2D eigenvalue weighted by molar-refractivity contribution is 0.116. The Balaban J connectivity index is 1.51. The highest BCUT2D eigenvalue weighted by atomic mass is 15.2. The molecule has 2 rings (SSSR count). The molecule has 0 saturated carbocycles. The van der Waals surface area contributed by atoms with Crippen LogP contribution < -0.4 is 0 Å². The van der Waals surface area contributed by atoms with Gasteiger partial charge in [0, 0.05) is 13.1 Å². The van der Waals surface area contributed by atoms with Crippen LogP contribution in [0, 0.1) is 11.8 Å². The van der Waals surface area contributed by atoms with Crippen molar-refractivity contribution in [3.05, 3.63) is 0 Å². The second-order valence-corrected chi connectivity index (χ2v) is 5.75. The van der Waals surface area contributed by atoms with E-state index in [2.05, 4.69) is 23.8 Å². The van der Waals surface area contributed by atoms with Crippen LogP contribution in [0.3, 0.4) is 0 Å². The zero-order valence-electron chi connectivity index (χ0n) is 10.4. The Morgan fingerprint density at radius 3 is 2.40 bits per heavy atom. The van der Waals surface area contributed by atoms with Crippen molar-refractivity contribution < 1.29 is 0 Å². The Hall–Kier alpha value is -0.0800. The van der Waals surface area contributed by atoms with Crippen molar-refractivity contribution in [2.45, 2.75) is 32.6 Å². The van der Waals surface area contributed by atoms with Crippen LogP contribution in [-0.4, -0.2) is 49.6 Å². The summed E-state index contributed by atoms with van der Waals surface area (Å²) >= 11 is 0. The van der Waals surface area contributed by atoms with Crippen LogP contribution in [0.1, 0.15) is 32.6 Å². The minimum absolute atomic E-state index is 0.974. The van der Waals surface area contributed by atoms with Gasteiger partial charge < -0.3 is 9.80 Å². The highest BCUT2D eigenvalue weighted by Crippen LogP contribution is 2.20. The minimum Gasteiger partial charge on any atom is -0.306 e. The third kappa shape index (κ3) is 3.46. The molecule has 88 valence electrons. The van der Waals surface area contributed by atoms with Crippen LogP contribution >= 0.6 is 0 Å². The van der Waals surface area contributed by atoms with E-state index in [1.54, 1.807) is 0 Å². The van der Waals surface area contributed by atoms with Crippen molar-refractivity contribution in [3.63, 3.8) is 0 Å². The van der Waals surface area contributed by atoms with E-state index in [0.717, 1.165) is 11.8 Å². The Morgan fingerprint density at radius 1 is 1.13 bits per heavy atom. The van der Waals surface area contributed by atoms with E-state index in [1.807, 2.05) is 0 Å². The summed E-state index contributed by atoms with van der Waals surface area (Å²) in [4.78, 5) is 5.09. The number of nitrogens with zero attached hydrogens (tertiary/aromatic N) is 2. The van der Waals surface area contributed by atoms with Gasteiger partial charge in [0.2, 0.25) is 0 Å². The standard InChI is InChI=1S/C13H26N2/c1-12-5-8-15(9-6-12)7-3-4-13-10-14(2)11-13/h12-13H,3-11H2,1-2H3. The quantitative estimate of drug-likeness (QED) is 0.701. The van der Waals surface area contributed by atoms with Gasteiger partial charge in [-0.3, -0.25) is 0 Å². The SMILES string of the molecule is CC1CCN(CCCC2CN(C)C2)CC1. The first-order valence-electron chi connectivity index (χ1n) is 6.65. The molecule has 15 heavy (non-hydrogen) atoms. The molecule has 0 unspecified atom stereocenters. The Kier molecular flexibility index (Phi) is 4.04. The zero-order chi connectivity index (χ0) is 10.7. The molecule has 2 saturated heterocycles. The van der Waals surface area contributed by atoms with Gasteiger partial charge in [0.15, 0.2) is 0 Å². The van der Waals surface area contributed by atoms with Crippen LogP contribution in [0.2, 0.25) is 0 Å². The Labute approximate surface area is 94.6 Å². The average molecular weight is 210 g/mol. The summed E-state index contributed by atoms with van der Waals surface area (Å²) in [6.07, 6.45) is 5.72. The Morgan fingerprint density at radius 2 is 1.80 bits per heavy atom. The van der Waals surface area contributed by atoms with Crippen molar-refractivity contribution in [1.82, 2.24) is 9.80 Å². The fourth-order valence-corrected chi connectivity index (χ4v) is 2.90. The van der Waals surface area contributed by atoms with Gasteiger partial charge in [0.1, 0.15) is 0 Å². The first-order valence-corrected chi connectivity index (χ1v) is 6.65. The maximum Gasteiger partial charge on any atom is 0.00190 e. The molecule has 0 atom stereocenters. The molecule has 2 aliphatic rings. The summed E-state index contributed by atoms with van der Waals surface area (Å²) in [6.45, 7) is 9.14. The predicted octanol–water partition coefficient (Wildman–Crippen LogP) is 2.06. The summed E-state index contributed by atoms with van der Waals surface area (Å²) in [7, 11) is 2.22. The van der Waals surface area contributed by atoms with E-state index < -0.39 is 0 Å². The average Bonchev–Trinajstić information content (AvgIpc) is 2.18. The summed E-state index contributed by atoms with van der Waals surface area (Å²) < 4.78 is 0. The first kappa shape index (κ1) is 11.4. The molecule has 0 N–H and O–H groups in total. The highest BCUT2D eigenvalue weighted by Gasteiger charge is 2.22. The summed E-state index contributed by atoms with van der Waals surface area (Å²) in [5, 5.41) is 0. The Bertz CT molecular complexity index is 179. The van der Waals surface area contributed by atoms with Crippen LogP contribution in [0.5, 0.6) is 0 Å². The van der Waals surface area contributed by atoms with Crippen molar-refractivity contribution in [1.29, 1.82) is 0 Å². The maximum atomic E-state index is 2.67. The van der Waals surface area contributed by atoms with Crippen molar-refractivity contribution in [2.75, 3.05) is 39.8 Å². The molecule has 0 aromatic carbocycles. The zero-order valence-corrected chi connectivity index (χ0v) is 10.4. The largest absolute Gasteiger partial charge is 0.306 e. The summed E-state index contributed by atoms with van der Waals surface area (Å²) in [5.74, 6) is 1.99. The van der Waals surface area contributed by atoms with E-state index in [0.29, 0.717) is 0 Å². The van der Waals surface area contributed by atoms with Crippen molar-refractivity contribution >= 4 is 0 Å². The van der Waals surface area contributed by atoms with Crippen LogP contribution in [0.15, 0.2) is 0 Å². The molecule has 0 spiro atoms. The van der Waals surface area contributed by atoms with E-state index >= 15 is 0 Å². The fourth-order valence-electron chi connectivity index (χ4n) is 2.90. The molecular formula is C13H26N2. The smallest absolute Gasteiger partial charge is 0.00190 e. The van der Waals surface area contributed by atoms with Crippen LogP contribution in [0.25, 0.3) is 0 Å². The van der Waals surface area contributed by atoms with Crippen LogP contribution in [-0.2, 0) is 0 Å². The van der Waals surface area contributed by atoms with Gasteiger partial charge in [0.25, 0.3) is 0 Å². The topological polar surface area (TPSA) is 6.48 Å². The molecule has 2 heteroatoms. The molecule has 0 aromatic rings. The van der Waals surface area contributed by atoms with Gasteiger partial charge in [-0.05, 0) is 64.2 Å². The second kappa shape index (κ2) is 5.31. The molecule has 0 aliphatic carbocycles. The number of hydrogen-bond donors (Lipinski definition) is 0. The second-order valence-electron chi connectivity index (χ2n) is 5.75. The highest BCUT2D eigenvalue weighted by molar-refractivity contribution is 4.77. The summed E-state index contributed by atoms with van der Waals surface area (Å²) in [6, 6.07) is 0. The number of hydrogen-bond acceptors (Lipinski definition) is 2. The number of likely N-dealkylation sites (tertiary alicyclic amines) is 2. The molecule has 2 heterocycles. The van der Waals surface area contributed by atoms with Gasteiger partial charge in [0.05, 0.1) is 0 Å². The molecular weight excluding hydrogens is 184 g/mol. The number of rotatable bonds is 4. The van der Waals surface area contributed by atoms with E-state index in [1.165, 1.54) is 58.4 Å². The van der Waals surface area contributed by atoms with Crippen molar-refractivity contribution in [2.24, 2.45) is 11.8 Å². The third-order valence-corrected chi connectivity index (χ3v) is 4.10. The number of piperidine rings is 1. The summed E-state index contributed by atoms with van der Waals surface area (Å²) in [5.41, 5.74) is 0. The van der Waals surface area contributed by atoms with Crippen LogP contribution in [0.4, 0.5) is 0 Å². The third-order valence-electron chi connectivity index (χ3n) is 4.10. The molecule has 0 aromatic heterocycles. The lowest BCUT2D eigenvalue weighted by atomic mass is 9.94. The predicted molar refractivity (Wildman–Crippen MR) is 65.1 cm³/mol. The molecule has 2 aliphatic heterocycles. The molecule has 2 nitrogen and oxygen atoms in total. The minimum atomic E-state index is 0.974. The van der Waals surface area contributed by atoms with Gasteiger partial charge in [-0.1, -0.05) is 6.92 Å². The molecule has 2 fully saturated rings. The monoisotopic (exact) mass is 210 g/mol. The first-order chi connectivity index (χ1) is 7.24. The van der Waals surface area contributed by atoms with Gasteiger partial charge in [-0.2, -0.15) is 0 Å². The van der Waals surface area contributed by atoms with Gasteiger partial charge >= 0.3 is 0 Å². The van der Waals surface area contributed by atoms with E-state index in [-0.39, 0.29) is 0 Å². The lowest BCUT2D eigenvalue weighted by Gasteiger charge is -2.37. The van der Waals surface area contributed by atoms with Gasteiger partial charge in [-0.15, -0.1) is 0 Å². The lowest BCUT2D eigenvalue weighted by Crippen LogP contribution is -2.44. The maximum absolute atomic E-state index is 2.67. The van der Waals surface area contributed by atoms with Gasteiger partial charge in [-0.25, -0.2) is 0 Å². The molecule has 0 bridgehead atoms. The molecule has 0 radical (unpaired) electrons.